The van der Waals surface area contributed by atoms with Gasteiger partial charge in [0, 0.05) is 42.9 Å². The summed E-state index contributed by atoms with van der Waals surface area (Å²) < 4.78 is 5.84. The van der Waals surface area contributed by atoms with Crippen molar-refractivity contribution in [3.63, 3.8) is 0 Å². The quantitative estimate of drug-likeness (QED) is 0.880. The van der Waals surface area contributed by atoms with Crippen LogP contribution in [0.2, 0.25) is 0 Å². The van der Waals surface area contributed by atoms with E-state index in [4.69, 9.17) is 10.5 Å². The van der Waals surface area contributed by atoms with Crippen molar-refractivity contribution >= 4 is 5.69 Å². The average molecular weight is 273 g/mol. The van der Waals surface area contributed by atoms with E-state index in [1.807, 2.05) is 25.1 Å². The number of morpholine rings is 1. The molecule has 1 fully saturated rings. The summed E-state index contributed by atoms with van der Waals surface area (Å²) in [5, 5.41) is 6.97. The zero-order valence-electron chi connectivity index (χ0n) is 11.5. The normalized spacial score (nSPS) is 20.1. The highest BCUT2D eigenvalue weighted by Crippen LogP contribution is 2.23. The van der Waals surface area contributed by atoms with Crippen LogP contribution in [0, 0.1) is 6.92 Å². The van der Waals surface area contributed by atoms with Crippen molar-refractivity contribution in [3.8, 4) is 0 Å². The number of anilines is 1. The third kappa shape index (κ3) is 2.97. The number of nitrogens with two attached hydrogens (primary N) is 1. The van der Waals surface area contributed by atoms with E-state index in [1.54, 1.807) is 6.20 Å². The molecule has 6 nitrogen and oxygen atoms in total. The highest BCUT2D eigenvalue weighted by atomic mass is 16.5. The van der Waals surface area contributed by atoms with Crippen molar-refractivity contribution in [1.29, 1.82) is 0 Å². The molecule has 2 aromatic rings. The van der Waals surface area contributed by atoms with Gasteiger partial charge >= 0.3 is 0 Å². The maximum atomic E-state index is 5.89. The molecule has 1 atom stereocenters. The zero-order chi connectivity index (χ0) is 13.9. The van der Waals surface area contributed by atoms with Gasteiger partial charge in [0.1, 0.15) is 6.10 Å². The summed E-state index contributed by atoms with van der Waals surface area (Å²) in [6.07, 6.45) is 1.75. The highest BCUT2D eigenvalue weighted by Gasteiger charge is 2.23. The molecule has 0 amide bonds. The summed E-state index contributed by atoms with van der Waals surface area (Å²) in [4.78, 5) is 6.87. The smallest absolute Gasteiger partial charge is 0.112 e. The molecule has 1 saturated heterocycles. The number of pyridine rings is 1. The lowest BCUT2D eigenvalue weighted by Crippen LogP contribution is -2.38. The van der Waals surface area contributed by atoms with E-state index in [9.17, 15) is 0 Å². The maximum Gasteiger partial charge on any atom is 0.112 e. The second-order valence-electron chi connectivity index (χ2n) is 5.14. The number of aryl methyl sites for hydroxylation is 1. The first-order valence-corrected chi connectivity index (χ1v) is 6.77. The molecule has 0 unspecified atom stereocenters. The Hall–Kier alpha value is -1.92. The molecule has 20 heavy (non-hydrogen) atoms. The van der Waals surface area contributed by atoms with Gasteiger partial charge in [0.25, 0.3) is 0 Å². The predicted octanol–water partition coefficient (Wildman–Crippen LogP) is 1.27. The molecule has 0 radical (unpaired) electrons. The fourth-order valence-electron chi connectivity index (χ4n) is 2.53. The molecular formula is C14H19N5O. The molecule has 3 rings (SSSR count). The first-order chi connectivity index (χ1) is 9.70. The van der Waals surface area contributed by atoms with Crippen molar-refractivity contribution in [2.45, 2.75) is 19.6 Å². The lowest BCUT2D eigenvalue weighted by molar-refractivity contribution is -0.0353. The number of H-pyrrole nitrogens is 1. The Morgan fingerprint density at radius 2 is 2.40 bits per heavy atom. The fraction of sp³-hybridized carbons (Fsp3) is 0.429. The lowest BCUT2D eigenvalue weighted by Gasteiger charge is -2.32. The summed E-state index contributed by atoms with van der Waals surface area (Å²) in [5.74, 6) is 0. The van der Waals surface area contributed by atoms with Crippen LogP contribution in [0.15, 0.2) is 24.4 Å². The third-order valence-electron chi connectivity index (χ3n) is 3.43. The highest BCUT2D eigenvalue weighted by molar-refractivity contribution is 5.40. The Bertz CT molecular complexity index is 549. The number of ether oxygens (including phenoxy) is 1. The van der Waals surface area contributed by atoms with Crippen LogP contribution in [0.5, 0.6) is 0 Å². The summed E-state index contributed by atoms with van der Waals surface area (Å²) in [6, 6.07) is 5.76. The number of nitrogen functional groups attached to an aromatic ring is 1. The summed E-state index contributed by atoms with van der Waals surface area (Å²) in [5.41, 5.74) is 9.58. The van der Waals surface area contributed by atoms with Crippen LogP contribution in [0.4, 0.5) is 5.69 Å². The van der Waals surface area contributed by atoms with E-state index < -0.39 is 0 Å². The SMILES string of the molecule is Cc1cc(N)cc([C@@H]2CN(Cc3ccn[nH]3)CCO2)n1. The van der Waals surface area contributed by atoms with E-state index in [-0.39, 0.29) is 6.10 Å². The lowest BCUT2D eigenvalue weighted by atomic mass is 10.1. The van der Waals surface area contributed by atoms with Crippen molar-refractivity contribution in [3.05, 3.63) is 41.5 Å². The van der Waals surface area contributed by atoms with Crippen LogP contribution in [0.1, 0.15) is 23.2 Å². The molecule has 0 spiro atoms. The van der Waals surface area contributed by atoms with Crippen LogP contribution in [-0.2, 0) is 11.3 Å². The standard InChI is InChI=1S/C14H19N5O/c1-10-6-11(15)7-13(17-10)14-9-19(4-5-20-14)8-12-2-3-16-18-12/h2-3,6-7,14H,4-5,8-9H2,1H3,(H2,15,17)(H,16,18)/t14-/m0/s1. The zero-order valence-corrected chi connectivity index (χ0v) is 11.5. The Kier molecular flexibility index (Phi) is 3.66. The van der Waals surface area contributed by atoms with Gasteiger partial charge in [0.05, 0.1) is 12.3 Å². The topological polar surface area (TPSA) is 80.1 Å². The Balaban J connectivity index is 1.71. The predicted molar refractivity (Wildman–Crippen MR) is 75.9 cm³/mol. The van der Waals surface area contributed by atoms with Crippen LogP contribution in [0.3, 0.4) is 0 Å². The number of hydrogen-bond acceptors (Lipinski definition) is 5. The average Bonchev–Trinajstić information content (AvgIpc) is 2.91. The van der Waals surface area contributed by atoms with Gasteiger partial charge in [0.15, 0.2) is 0 Å². The molecule has 0 aliphatic carbocycles. The summed E-state index contributed by atoms with van der Waals surface area (Å²) >= 11 is 0. The van der Waals surface area contributed by atoms with E-state index in [0.29, 0.717) is 6.61 Å². The first kappa shape index (κ1) is 13.1. The Morgan fingerprint density at radius 1 is 1.50 bits per heavy atom. The van der Waals surface area contributed by atoms with Crippen molar-refractivity contribution in [2.75, 3.05) is 25.4 Å². The van der Waals surface area contributed by atoms with Crippen molar-refractivity contribution in [1.82, 2.24) is 20.1 Å². The molecule has 0 aromatic carbocycles. The number of aromatic amines is 1. The van der Waals surface area contributed by atoms with Gasteiger partial charge in [-0.1, -0.05) is 0 Å². The van der Waals surface area contributed by atoms with Gasteiger partial charge in [0.2, 0.25) is 0 Å². The monoisotopic (exact) mass is 273 g/mol. The minimum atomic E-state index is -0.0196. The molecule has 0 saturated carbocycles. The van der Waals surface area contributed by atoms with Gasteiger partial charge in [-0.2, -0.15) is 5.10 Å². The number of rotatable bonds is 3. The minimum absolute atomic E-state index is 0.0196. The van der Waals surface area contributed by atoms with E-state index >= 15 is 0 Å². The van der Waals surface area contributed by atoms with Gasteiger partial charge in [-0.3, -0.25) is 15.0 Å². The van der Waals surface area contributed by atoms with Crippen LogP contribution in [-0.4, -0.2) is 39.8 Å². The second kappa shape index (κ2) is 5.60. The fourth-order valence-corrected chi connectivity index (χ4v) is 2.53. The molecule has 0 bridgehead atoms. The largest absolute Gasteiger partial charge is 0.399 e. The summed E-state index contributed by atoms with van der Waals surface area (Å²) in [7, 11) is 0. The van der Waals surface area contributed by atoms with Crippen molar-refractivity contribution < 1.29 is 4.74 Å². The molecule has 2 aromatic heterocycles. The Labute approximate surface area is 118 Å². The van der Waals surface area contributed by atoms with E-state index in [0.717, 1.165) is 42.4 Å². The molecular weight excluding hydrogens is 254 g/mol. The van der Waals surface area contributed by atoms with Gasteiger partial charge in [-0.05, 0) is 25.1 Å². The molecule has 1 aliphatic rings. The van der Waals surface area contributed by atoms with Crippen LogP contribution in [0.25, 0.3) is 0 Å². The van der Waals surface area contributed by atoms with Gasteiger partial charge < -0.3 is 10.5 Å². The molecule has 6 heteroatoms. The molecule has 3 heterocycles. The summed E-state index contributed by atoms with van der Waals surface area (Å²) in [6.45, 7) is 5.23. The second-order valence-corrected chi connectivity index (χ2v) is 5.14. The van der Waals surface area contributed by atoms with Crippen LogP contribution >= 0.6 is 0 Å². The Morgan fingerprint density at radius 3 is 3.15 bits per heavy atom. The van der Waals surface area contributed by atoms with E-state index in [1.165, 1.54) is 0 Å². The van der Waals surface area contributed by atoms with Crippen LogP contribution < -0.4 is 5.73 Å². The molecule has 1 aliphatic heterocycles. The van der Waals surface area contributed by atoms with Crippen molar-refractivity contribution in [2.24, 2.45) is 0 Å². The molecule has 106 valence electrons. The number of aromatic nitrogens is 3. The first-order valence-electron chi connectivity index (χ1n) is 6.77. The third-order valence-corrected chi connectivity index (χ3v) is 3.43. The van der Waals surface area contributed by atoms with E-state index in [2.05, 4.69) is 20.1 Å². The van der Waals surface area contributed by atoms with Gasteiger partial charge in [-0.15, -0.1) is 0 Å². The number of nitrogens with zero attached hydrogens (tertiary/aromatic N) is 3. The van der Waals surface area contributed by atoms with Gasteiger partial charge in [-0.25, -0.2) is 0 Å². The maximum absolute atomic E-state index is 5.89. The molecule has 3 N–H and O–H groups in total. The minimum Gasteiger partial charge on any atom is -0.399 e. The number of hydrogen-bond donors (Lipinski definition) is 2. The number of nitrogens with one attached hydrogen (secondary N) is 1.